The number of nitrogens with one attached hydrogen (secondary N) is 1. The summed E-state index contributed by atoms with van der Waals surface area (Å²) in [6, 6.07) is 6.82. The molecule has 0 saturated heterocycles. The molecule has 2 aromatic carbocycles. The number of hydrogen-bond acceptors (Lipinski definition) is 3. The van der Waals surface area contributed by atoms with Crippen LogP contribution in [-0.4, -0.2) is 10.8 Å². The summed E-state index contributed by atoms with van der Waals surface area (Å²) in [6.45, 7) is 0. The van der Waals surface area contributed by atoms with Gasteiger partial charge in [0.2, 0.25) is 0 Å². The molecule has 0 atom stereocenters. The molecule has 0 aromatic heterocycles. The summed E-state index contributed by atoms with van der Waals surface area (Å²) in [7, 11) is 0. The molecule has 0 spiro atoms. The minimum Gasteiger partial charge on any atom is -0.317 e. The number of halogens is 3. The van der Waals surface area contributed by atoms with Gasteiger partial charge in [0.05, 0.1) is 4.92 Å². The van der Waals surface area contributed by atoms with E-state index in [4.69, 9.17) is 0 Å². The molecule has 0 saturated carbocycles. The number of nitrogens with zero attached hydrogens (tertiary/aromatic N) is 1. The van der Waals surface area contributed by atoms with Gasteiger partial charge in [0.15, 0.2) is 11.6 Å². The molecule has 0 aliphatic rings. The monoisotopic (exact) mass is 356 g/mol. The first-order chi connectivity index (χ1) is 9.88. The fourth-order valence-electron chi connectivity index (χ4n) is 1.61. The highest BCUT2D eigenvalue weighted by atomic mass is 79.9. The second-order valence-electron chi connectivity index (χ2n) is 4.01. The van der Waals surface area contributed by atoms with Crippen LogP contribution in [0.15, 0.2) is 40.9 Å². The Morgan fingerprint density at radius 3 is 2.38 bits per heavy atom. The predicted octanol–water partition coefficient (Wildman–Crippen LogP) is 3.89. The largest absolute Gasteiger partial charge is 0.317 e. The van der Waals surface area contributed by atoms with Crippen molar-refractivity contribution < 1.29 is 18.5 Å². The highest BCUT2D eigenvalue weighted by Crippen LogP contribution is 2.24. The summed E-state index contributed by atoms with van der Waals surface area (Å²) < 4.78 is 27.4. The molecule has 0 heterocycles. The number of nitro benzene ring substituents is 1. The van der Waals surface area contributed by atoms with Crippen LogP contribution >= 0.6 is 15.9 Å². The number of nitro groups is 1. The van der Waals surface area contributed by atoms with E-state index in [2.05, 4.69) is 21.2 Å². The molecule has 21 heavy (non-hydrogen) atoms. The first kappa shape index (κ1) is 15.0. The Morgan fingerprint density at radius 1 is 1.19 bits per heavy atom. The third-order valence-corrected chi connectivity index (χ3v) is 3.02. The van der Waals surface area contributed by atoms with Crippen molar-refractivity contribution in [2.24, 2.45) is 0 Å². The van der Waals surface area contributed by atoms with Gasteiger partial charge in [-0.2, -0.15) is 0 Å². The molecular weight excluding hydrogens is 350 g/mol. The van der Waals surface area contributed by atoms with E-state index < -0.39 is 28.2 Å². The summed E-state index contributed by atoms with van der Waals surface area (Å²) in [5.74, 6) is -2.76. The van der Waals surface area contributed by atoms with Gasteiger partial charge in [-0.3, -0.25) is 14.9 Å². The van der Waals surface area contributed by atoms with E-state index in [0.29, 0.717) is 0 Å². The number of carbonyl (C=O) groups is 1. The van der Waals surface area contributed by atoms with E-state index in [0.717, 1.165) is 18.2 Å². The second-order valence-corrected chi connectivity index (χ2v) is 4.92. The number of hydrogen-bond donors (Lipinski definition) is 1. The number of carbonyl (C=O) groups excluding carboxylic acids is 1. The van der Waals surface area contributed by atoms with Gasteiger partial charge in [-0.1, -0.05) is 22.0 Å². The van der Waals surface area contributed by atoms with E-state index in [9.17, 15) is 23.7 Å². The first-order valence-electron chi connectivity index (χ1n) is 5.59. The van der Waals surface area contributed by atoms with Crippen molar-refractivity contribution in [1.82, 2.24) is 0 Å². The minimum absolute atomic E-state index is 0.0779. The lowest BCUT2D eigenvalue weighted by atomic mass is 10.2. The van der Waals surface area contributed by atoms with Gasteiger partial charge in [-0.25, -0.2) is 8.78 Å². The summed E-state index contributed by atoms with van der Waals surface area (Å²) in [4.78, 5) is 21.9. The normalized spacial score (nSPS) is 10.2. The zero-order chi connectivity index (χ0) is 15.6. The van der Waals surface area contributed by atoms with E-state index in [1.165, 1.54) is 18.2 Å². The Hall–Kier alpha value is -2.35. The predicted molar refractivity (Wildman–Crippen MR) is 75.1 cm³/mol. The molecule has 0 bridgehead atoms. The Kier molecular flexibility index (Phi) is 4.27. The molecule has 2 aromatic rings. The van der Waals surface area contributed by atoms with Crippen molar-refractivity contribution in [1.29, 1.82) is 0 Å². The van der Waals surface area contributed by atoms with E-state index >= 15 is 0 Å². The number of rotatable bonds is 3. The van der Waals surface area contributed by atoms with E-state index in [1.54, 1.807) is 0 Å². The van der Waals surface area contributed by atoms with Crippen LogP contribution in [0.3, 0.4) is 0 Å². The molecule has 0 fully saturated rings. The van der Waals surface area contributed by atoms with Crippen LogP contribution in [0.1, 0.15) is 10.4 Å². The van der Waals surface area contributed by atoms with Gasteiger partial charge < -0.3 is 5.32 Å². The van der Waals surface area contributed by atoms with Gasteiger partial charge in [-0.15, -0.1) is 0 Å². The summed E-state index contributed by atoms with van der Waals surface area (Å²) in [6.07, 6.45) is 0. The average molecular weight is 357 g/mol. The lowest BCUT2D eigenvalue weighted by molar-refractivity contribution is -0.384. The number of anilines is 1. The molecule has 2 rings (SSSR count). The van der Waals surface area contributed by atoms with Gasteiger partial charge in [-0.05, 0) is 18.2 Å². The van der Waals surface area contributed by atoms with Crippen molar-refractivity contribution in [3.63, 3.8) is 0 Å². The summed E-state index contributed by atoms with van der Waals surface area (Å²) in [5, 5.41) is 12.7. The van der Waals surface area contributed by atoms with Crippen molar-refractivity contribution in [2.75, 3.05) is 5.32 Å². The smallest absolute Gasteiger partial charge is 0.270 e. The maximum Gasteiger partial charge on any atom is 0.270 e. The van der Waals surface area contributed by atoms with Crippen molar-refractivity contribution in [3.05, 3.63) is 68.2 Å². The van der Waals surface area contributed by atoms with Crippen LogP contribution in [0.4, 0.5) is 20.2 Å². The van der Waals surface area contributed by atoms with E-state index in [-0.39, 0.29) is 15.7 Å². The van der Waals surface area contributed by atoms with Gasteiger partial charge in [0.25, 0.3) is 11.6 Å². The van der Waals surface area contributed by atoms with Crippen molar-refractivity contribution in [3.8, 4) is 0 Å². The highest BCUT2D eigenvalue weighted by Gasteiger charge is 2.16. The molecule has 1 N–H and O–H groups in total. The second kappa shape index (κ2) is 5.96. The molecule has 0 aliphatic heterocycles. The van der Waals surface area contributed by atoms with Crippen LogP contribution in [-0.2, 0) is 0 Å². The molecule has 0 radical (unpaired) electrons. The third-order valence-electron chi connectivity index (χ3n) is 2.56. The zero-order valence-corrected chi connectivity index (χ0v) is 11.9. The van der Waals surface area contributed by atoms with Crippen LogP contribution in [0.5, 0.6) is 0 Å². The molecule has 1 amide bonds. The van der Waals surface area contributed by atoms with Gasteiger partial charge >= 0.3 is 0 Å². The van der Waals surface area contributed by atoms with Crippen LogP contribution in [0.2, 0.25) is 0 Å². The van der Waals surface area contributed by atoms with Crippen LogP contribution in [0.25, 0.3) is 0 Å². The minimum atomic E-state index is -0.958. The van der Waals surface area contributed by atoms with Crippen LogP contribution < -0.4 is 5.32 Å². The Labute approximate surface area is 125 Å². The van der Waals surface area contributed by atoms with Gasteiger partial charge in [0, 0.05) is 22.2 Å². The van der Waals surface area contributed by atoms with Crippen molar-refractivity contribution >= 4 is 33.2 Å². The molecular formula is C13H7BrF2N2O3. The third kappa shape index (κ3) is 3.40. The Morgan fingerprint density at radius 2 is 1.81 bits per heavy atom. The maximum atomic E-state index is 13.6. The fourth-order valence-corrected chi connectivity index (χ4v) is 2.01. The highest BCUT2D eigenvalue weighted by molar-refractivity contribution is 9.10. The SMILES string of the molecule is O=C(Nc1c(F)cc(Br)cc1F)c1cccc([N+](=O)[O-])c1. The zero-order valence-electron chi connectivity index (χ0n) is 10.3. The summed E-state index contributed by atoms with van der Waals surface area (Å²) >= 11 is 2.92. The molecule has 8 heteroatoms. The lowest BCUT2D eigenvalue weighted by Crippen LogP contribution is -2.14. The molecule has 0 aliphatic carbocycles. The Bertz CT molecular complexity index is 714. The van der Waals surface area contributed by atoms with Crippen LogP contribution in [0, 0.1) is 21.7 Å². The van der Waals surface area contributed by atoms with E-state index in [1.807, 2.05) is 0 Å². The number of benzene rings is 2. The molecule has 5 nitrogen and oxygen atoms in total. The lowest BCUT2D eigenvalue weighted by Gasteiger charge is -2.08. The molecule has 108 valence electrons. The first-order valence-corrected chi connectivity index (χ1v) is 6.38. The quantitative estimate of drug-likeness (QED) is 0.669. The standard InChI is InChI=1S/C13H7BrF2N2O3/c14-8-5-10(15)12(11(16)6-8)17-13(19)7-2-1-3-9(4-7)18(20)21/h1-6H,(H,17,19). The van der Waals surface area contributed by atoms with Crippen molar-refractivity contribution in [2.45, 2.75) is 0 Å². The number of non-ortho nitro benzene ring substituents is 1. The Balaban J connectivity index is 2.30. The maximum absolute atomic E-state index is 13.6. The summed E-state index contributed by atoms with van der Waals surface area (Å²) in [5.41, 5.74) is -0.986. The molecule has 0 unspecified atom stereocenters. The van der Waals surface area contributed by atoms with Gasteiger partial charge in [0.1, 0.15) is 5.69 Å². The fraction of sp³-hybridized carbons (Fsp3) is 0. The number of amides is 1. The average Bonchev–Trinajstić information content (AvgIpc) is 2.42. The topological polar surface area (TPSA) is 72.2 Å².